The monoisotopic (exact) mass is 376 g/mol. The van der Waals surface area contributed by atoms with Gasteiger partial charge in [0.15, 0.2) is 5.16 Å². The lowest BCUT2D eigenvalue weighted by Crippen LogP contribution is -2.23. The van der Waals surface area contributed by atoms with Gasteiger partial charge in [0, 0.05) is 18.6 Å². The van der Waals surface area contributed by atoms with E-state index in [-0.39, 0.29) is 11.7 Å². The summed E-state index contributed by atoms with van der Waals surface area (Å²) in [5.74, 6) is -0.120. The molecule has 1 aromatic carbocycles. The number of imidazole rings is 1. The predicted molar refractivity (Wildman–Crippen MR) is 96.7 cm³/mol. The average molecular weight is 377 g/mol. The molecule has 1 atom stereocenters. The molecule has 0 aliphatic carbocycles. The Bertz CT molecular complexity index is 884. The molecule has 0 saturated heterocycles. The number of anilines is 1. The van der Waals surface area contributed by atoms with Crippen LogP contribution in [0.25, 0.3) is 5.69 Å². The lowest BCUT2D eigenvalue weighted by Gasteiger charge is -2.13. The number of amides is 1. The molecule has 128 valence electrons. The summed E-state index contributed by atoms with van der Waals surface area (Å²) in [5, 5.41) is 3.39. The van der Waals surface area contributed by atoms with Crippen LogP contribution in [0.4, 0.5) is 10.2 Å². The minimum atomic E-state index is -0.424. The Morgan fingerprint density at radius 3 is 2.88 bits per heavy atom. The van der Waals surface area contributed by atoms with Crippen molar-refractivity contribution in [3.63, 3.8) is 0 Å². The van der Waals surface area contributed by atoms with Crippen LogP contribution < -0.4 is 5.32 Å². The number of benzene rings is 1. The van der Waals surface area contributed by atoms with Crippen LogP contribution in [0.2, 0.25) is 5.02 Å². The summed E-state index contributed by atoms with van der Waals surface area (Å²) in [7, 11) is 0. The lowest BCUT2D eigenvalue weighted by molar-refractivity contribution is -0.115. The van der Waals surface area contributed by atoms with Gasteiger partial charge < -0.3 is 5.32 Å². The number of carbonyl (C=O) groups excluding carboxylic acids is 1. The van der Waals surface area contributed by atoms with Crippen LogP contribution in [0, 0.1) is 5.82 Å². The van der Waals surface area contributed by atoms with E-state index >= 15 is 0 Å². The maximum Gasteiger partial charge on any atom is 0.238 e. The van der Waals surface area contributed by atoms with Crippen molar-refractivity contribution in [3.8, 4) is 5.69 Å². The van der Waals surface area contributed by atoms with Crippen LogP contribution in [0.5, 0.6) is 0 Å². The van der Waals surface area contributed by atoms with E-state index in [1.165, 1.54) is 30.1 Å². The largest absolute Gasteiger partial charge is 0.310 e. The molecule has 1 N–H and O–H groups in total. The van der Waals surface area contributed by atoms with Gasteiger partial charge in [-0.2, -0.15) is 0 Å². The predicted octanol–water partition coefficient (Wildman–Crippen LogP) is 4.18. The average Bonchev–Trinajstić information content (AvgIpc) is 3.05. The quantitative estimate of drug-likeness (QED) is 0.678. The van der Waals surface area contributed by atoms with E-state index in [0.717, 1.165) is 0 Å². The number of thioether (sulfide) groups is 1. The highest BCUT2D eigenvalue weighted by Crippen LogP contribution is 2.25. The number of rotatable bonds is 5. The molecule has 0 fully saturated rings. The number of aromatic nitrogens is 3. The molecule has 0 radical (unpaired) electrons. The van der Waals surface area contributed by atoms with Gasteiger partial charge in [0.1, 0.15) is 11.6 Å². The lowest BCUT2D eigenvalue weighted by atomic mass is 10.3. The van der Waals surface area contributed by atoms with Crippen molar-refractivity contribution in [2.75, 3.05) is 5.32 Å². The fourth-order valence-corrected chi connectivity index (χ4v) is 3.08. The number of nitrogens with one attached hydrogen (secondary N) is 1. The zero-order chi connectivity index (χ0) is 17.8. The molecule has 0 saturated carbocycles. The molecule has 3 aromatic rings. The fourth-order valence-electron chi connectivity index (χ4n) is 2.09. The highest BCUT2D eigenvalue weighted by molar-refractivity contribution is 8.00. The molecule has 3 rings (SSSR count). The van der Waals surface area contributed by atoms with E-state index in [9.17, 15) is 9.18 Å². The highest BCUT2D eigenvalue weighted by Gasteiger charge is 2.18. The van der Waals surface area contributed by atoms with Crippen LogP contribution in [0.1, 0.15) is 6.92 Å². The van der Waals surface area contributed by atoms with E-state index in [1.807, 2.05) is 0 Å². The second kappa shape index (κ2) is 7.67. The molecule has 2 aromatic heterocycles. The van der Waals surface area contributed by atoms with Gasteiger partial charge in [-0.1, -0.05) is 29.4 Å². The summed E-state index contributed by atoms with van der Waals surface area (Å²) in [5.41, 5.74) is 0.645. The molecule has 1 amide bonds. The number of halogens is 2. The first kappa shape index (κ1) is 17.4. The van der Waals surface area contributed by atoms with E-state index in [2.05, 4.69) is 15.3 Å². The molecule has 8 heteroatoms. The Kier molecular flexibility index (Phi) is 5.35. The minimum Gasteiger partial charge on any atom is -0.310 e. The number of pyridine rings is 1. The Morgan fingerprint density at radius 1 is 1.32 bits per heavy atom. The second-order valence-electron chi connectivity index (χ2n) is 5.17. The van der Waals surface area contributed by atoms with Gasteiger partial charge >= 0.3 is 0 Å². The van der Waals surface area contributed by atoms with Crippen LogP contribution in [-0.2, 0) is 4.79 Å². The molecule has 0 aliphatic heterocycles. The van der Waals surface area contributed by atoms with Crippen molar-refractivity contribution in [2.45, 2.75) is 17.3 Å². The van der Waals surface area contributed by atoms with Gasteiger partial charge in [0.25, 0.3) is 0 Å². The van der Waals surface area contributed by atoms with Crippen molar-refractivity contribution >= 4 is 35.1 Å². The summed E-state index contributed by atoms with van der Waals surface area (Å²) in [6.45, 7) is 1.76. The van der Waals surface area contributed by atoms with E-state index in [0.29, 0.717) is 21.7 Å². The Morgan fingerprint density at radius 2 is 2.16 bits per heavy atom. The minimum absolute atomic E-state index is 0.214. The zero-order valence-electron chi connectivity index (χ0n) is 13.2. The normalized spacial score (nSPS) is 12.0. The molecular formula is C17H14ClFN4OS. The van der Waals surface area contributed by atoms with Crippen molar-refractivity contribution < 1.29 is 9.18 Å². The van der Waals surface area contributed by atoms with Gasteiger partial charge in [-0.25, -0.2) is 14.4 Å². The summed E-state index contributed by atoms with van der Waals surface area (Å²) in [6, 6.07) is 9.47. The van der Waals surface area contributed by atoms with Crippen molar-refractivity contribution in [1.82, 2.24) is 14.5 Å². The van der Waals surface area contributed by atoms with Crippen molar-refractivity contribution in [1.29, 1.82) is 0 Å². The summed E-state index contributed by atoms with van der Waals surface area (Å²) >= 11 is 7.05. The molecule has 0 bridgehead atoms. The Labute approximate surface area is 153 Å². The maximum atomic E-state index is 13.4. The van der Waals surface area contributed by atoms with Gasteiger partial charge in [-0.3, -0.25) is 9.36 Å². The molecule has 0 spiro atoms. The van der Waals surface area contributed by atoms with Crippen LogP contribution in [0.3, 0.4) is 0 Å². The summed E-state index contributed by atoms with van der Waals surface area (Å²) in [6.07, 6.45) is 4.80. The van der Waals surface area contributed by atoms with Crippen molar-refractivity contribution in [2.24, 2.45) is 0 Å². The van der Waals surface area contributed by atoms with E-state index in [4.69, 9.17) is 11.6 Å². The molecule has 0 aliphatic rings. The zero-order valence-corrected chi connectivity index (χ0v) is 14.8. The second-order valence-corrected chi connectivity index (χ2v) is 6.92. The van der Waals surface area contributed by atoms with E-state index < -0.39 is 5.25 Å². The first-order valence-corrected chi connectivity index (χ1v) is 8.67. The number of carbonyl (C=O) groups is 1. The van der Waals surface area contributed by atoms with E-state index in [1.54, 1.807) is 48.1 Å². The highest BCUT2D eigenvalue weighted by atomic mass is 35.5. The third-order valence-electron chi connectivity index (χ3n) is 3.32. The van der Waals surface area contributed by atoms with Gasteiger partial charge in [0.2, 0.25) is 5.91 Å². The topological polar surface area (TPSA) is 59.8 Å². The number of hydrogen-bond donors (Lipinski definition) is 1. The molecule has 25 heavy (non-hydrogen) atoms. The standard InChI is InChI=1S/C17H14ClFN4OS/c1-11(16(24)22-15-6-5-12(18)10-21-15)25-17-20-7-8-23(17)14-4-2-3-13(19)9-14/h2-11H,1H3,(H,21,22,24)/t11-/m1/s1. The number of hydrogen-bond acceptors (Lipinski definition) is 4. The van der Waals surface area contributed by atoms with Crippen LogP contribution >= 0.6 is 23.4 Å². The smallest absolute Gasteiger partial charge is 0.238 e. The van der Waals surface area contributed by atoms with Gasteiger partial charge in [-0.05, 0) is 37.3 Å². The first-order valence-electron chi connectivity index (χ1n) is 7.41. The fraction of sp³-hybridized carbons (Fsp3) is 0.118. The number of nitrogens with zero attached hydrogens (tertiary/aromatic N) is 3. The first-order chi connectivity index (χ1) is 12.0. The van der Waals surface area contributed by atoms with Gasteiger partial charge in [-0.15, -0.1) is 0 Å². The Hall–Kier alpha value is -2.38. The SMILES string of the molecule is C[C@@H](Sc1nccn1-c1cccc(F)c1)C(=O)Nc1ccc(Cl)cn1. The van der Waals surface area contributed by atoms with Crippen LogP contribution in [0.15, 0.2) is 60.1 Å². The van der Waals surface area contributed by atoms with Crippen LogP contribution in [-0.4, -0.2) is 25.7 Å². The Balaban J connectivity index is 1.71. The van der Waals surface area contributed by atoms with Gasteiger partial charge in [0.05, 0.1) is 16.0 Å². The third-order valence-corrected chi connectivity index (χ3v) is 4.63. The molecule has 5 nitrogen and oxygen atoms in total. The summed E-state index contributed by atoms with van der Waals surface area (Å²) < 4.78 is 15.2. The maximum absolute atomic E-state index is 13.4. The summed E-state index contributed by atoms with van der Waals surface area (Å²) in [4.78, 5) is 20.6. The molecule has 0 unspecified atom stereocenters. The molecule has 2 heterocycles. The molecular weight excluding hydrogens is 363 g/mol. The van der Waals surface area contributed by atoms with Crippen molar-refractivity contribution in [3.05, 3.63) is 65.8 Å². The third kappa shape index (κ3) is 4.37.